The third-order valence-electron chi connectivity index (χ3n) is 8.43. The van der Waals surface area contributed by atoms with E-state index in [1.807, 2.05) is 44.2 Å². The minimum absolute atomic E-state index is 0.0338. The summed E-state index contributed by atoms with van der Waals surface area (Å²) in [6.45, 7) is 6.43. The number of nitrogens with one attached hydrogen (secondary N) is 1. The van der Waals surface area contributed by atoms with Crippen molar-refractivity contribution in [1.82, 2.24) is 9.80 Å². The number of aliphatic hydroxyl groups excluding tert-OH is 1. The molecule has 11 heteroatoms. The fraction of sp³-hybridized carbons (Fsp3) is 0.444. The summed E-state index contributed by atoms with van der Waals surface area (Å²) in [5.74, 6) is -0.325. The summed E-state index contributed by atoms with van der Waals surface area (Å²) in [7, 11) is -2.15. The number of ether oxygens (including phenoxy) is 2. The minimum atomic E-state index is -3.91. The number of hydrogen-bond acceptors (Lipinski definition) is 7. The molecule has 254 valence electrons. The molecule has 0 saturated carbocycles. The largest absolute Gasteiger partial charge is 0.490 e. The normalized spacial score (nSPS) is 20.3. The highest BCUT2D eigenvalue weighted by Crippen LogP contribution is 2.29. The van der Waals surface area contributed by atoms with Gasteiger partial charge in [0.2, 0.25) is 5.91 Å². The molecule has 3 aromatic rings. The van der Waals surface area contributed by atoms with Crippen LogP contribution in [0.15, 0.2) is 83.8 Å². The van der Waals surface area contributed by atoms with Crippen molar-refractivity contribution in [3.8, 4) is 5.75 Å². The van der Waals surface area contributed by atoms with Crippen LogP contribution in [-0.4, -0.2) is 86.7 Å². The van der Waals surface area contributed by atoms with Gasteiger partial charge in [-0.1, -0.05) is 55.5 Å². The van der Waals surface area contributed by atoms with Crippen LogP contribution < -0.4 is 9.46 Å². The number of sulfonamides is 1. The molecular weight excluding hydrogens is 618 g/mol. The molecular formula is C36H47N3O7S. The molecule has 4 rings (SSSR count). The molecule has 1 heterocycles. The fourth-order valence-corrected chi connectivity index (χ4v) is 6.61. The van der Waals surface area contributed by atoms with Crippen molar-refractivity contribution in [3.63, 3.8) is 0 Å². The summed E-state index contributed by atoms with van der Waals surface area (Å²) in [6, 6.07) is 21.7. The molecule has 0 spiro atoms. The van der Waals surface area contributed by atoms with E-state index in [-0.39, 0.29) is 59.8 Å². The standard InChI is InChI=1S/C36H47N3O7S/c1-26-23-39(27(2)25-40)36(42)32-22-30(37-47(43,44)31-16-9-6-10-17-31)18-19-33(32)46-28(3)13-11-12-20-45-34(26)24-38(4)35(41)21-29-14-7-5-8-15-29/h5-10,14-19,22,26-28,34,37,40H,11-13,20-21,23-25H2,1-4H3/t26-,27-,28-,34+/m0/s1. The number of rotatable bonds is 9. The van der Waals surface area contributed by atoms with Crippen LogP contribution in [0.4, 0.5) is 5.69 Å². The predicted octanol–water partition coefficient (Wildman–Crippen LogP) is 4.98. The van der Waals surface area contributed by atoms with Crippen molar-refractivity contribution in [3.05, 3.63) is 90.0 Å². The van der Waals surface area contributed by atoms with E-state index in [1.165, 1.54) is 18.2 Å². The number of anilines is 1. The van der Waals surface area contributed by atoms with Crippen molar-refractivity contribution in [2.75, 3.05) is 38.1 Å². The van der Waals surface area contributed by atoms with Gasteiger partial charge < -0.3 is 24.4 Å². The highest BCUT2D eigenvalue weighted by Gasteiger charge is 2.31. The van der Waals surface area contributed by atoms with Gasteiger partial charge in [0, 0.05) is 38.3 Å². The van der Waals surface area contributed by atoms with Gasteiger partial charge in [-0.3, -0.25) is 14.3 Å². The number of carbonyl (C=O) groups excluding carboxylic acids is 2. The van der Waals surface area contributed by atoms with E-state index < -0.39 is 22.0 Å². The summed E-state index contributed by atoms with van der Waals surface area (Å²) in [6.07, 6.45) is 2.01. The molecule has 1 aliphatic heterocycles. The molecule has 2 amide bonds. The van der Waals surface area contributed by atoms with Crippen molar-refractivity contribution < 1.29 is 32.6 Å². The van der Waals surface area contributed by atoms with E-state index in [0.29, 0.717) is 25.3 Å². The Balaban J connectivity index is 1.63. The predicted molar refractivity (Wildman–Crippen MR) is 182 cm³/mol. The third-order valence-corrected chi connectivity index (χ3v) is 9.83. The second-order valence-electron chi connectivity index (χ2n) is 12.4. The van der Waals surface area contributed by atoms with Gasteiger partial charge >= 0.3 is 0 Å². The van der Waals surface area contributed by atoms with Gasteiger partial charge in [-0.15, -0.1) is 0 Å². The molecule has 0 unspecified atom stereocenters. The van der Waals surface area contributed by atoms with E-state index in [2.05, 4.69) is 4.72 Å². The second-order valence-corrected chi connectivity index (χ2v) is 14.0. The first-order valence-electron chi connectivity index (χ1n) is 16.2. The lowest BCUT2D eigenvalue weighted by Crippen LogP contribution is -2.48. The molecule has 0 radical (unpaired) electrons. The molecule has 0 aromatic heterocycles. The highest BCUT2D eigenvalue weighted by atomic mass is 32.2. The first-order chi connectivity index (χ1) is 22.5. The van der Waals surface area contributed by atoms with Gasteiger partial charge in [-0.25, -0.2) is 8.42 Å². The van der Waals surface area contributed by atoms with E-state index in [4.69, 9.17) is 9.47 Å². The first kappa shape index (κ1) is 35.9. The molecule has 10 nitrogen and oxygen atoms in total. The summed E-state index contributed by atoms with van der Waals surface area (Å²) in [5, 5.41) is 10.2. The van der Waals surface area contributed by atoms with Crippen molar-refractivity contribution in [2.24, 2.45) is 5.92 Å². The Hall–Kier alpha value is -3.93. The van der Waals surface area contributed by atoms with Crippen LogP contribution in [0.5, 0.6) is 5.75 Å². The second kappa shape index (κ2) is 16.8. The van der Waals surface area contributed by atoms with E-state index in [9.17, 15) is 23.1 Å². The fourth-order valence-electron chi connectivity index (χ4n) is 5.54. The van der Waals surface area contributed by atoms with Crippen molar-refractivity contribution >= 4 is 27.5 Å². The van der Waals surface area contributed by atoms with Crippen LogP contribution in [0.25, 0.3) is 0 Å². The molecule has 0 fully saturated rings. The smallest absolute Gasteiger partial charge is 0.261 e. The number of likely N-dealkylation sites (N-methyl/N-ethyl adjacent to an activating group) is 1. The van der Waals surface area contributed by atoms with Crippen LogP contribution in [0, 0.1) is 5.92 Å². The Labute approximate surface area is 278 Å². The van der Waals surface area contributed by atoms with Gasteiger partial charge in [-0.05, 0) is 69.0 Å². The van der Waals surface area contributed by atoms with Gasteiger partial charge in [-0.2, -0.15) is 0 Å². The molecule has 4 atom stereocenters. The molecule has 3 aromatic carbocycles. The molecule has 2 N–H and O–H groups in total. The number of hydrogen-bond donors (Lipinski definition) is 2. The molecule has 0 aliphatic carbocycles. The lowest BCUT2D eigenvalue weighted by molar-refractivity contribution is -0.131. The lowest BCUT2D eigenvalue weighted by atomic mass is 10.0. The first-order valence-corrected chi connectivity index (χ1v) is 17.7. The Bertz CT molecular complexity index is 1570. The number of carbonyl (C=O) groups is 2. The van der Waals surface area contributed by atoms with Crippen LogP contribution in [0.2, 0.25) is 0 Å². The minimum Gasteiger partial charge on any atom is -0.490 e. The monoisotopic (exact) mass is 665 g/mol. The molecule has 47 heavy (non-hydrogen) atoms. The number of amides is 2. The number of benzene rings is 3. The van der Waals surface area contributed by atoms with E-state index >= 15 is 0 Å². The number of aliphatic hydroxyl groups is 1. The van der Waals surface area contributed by atoms with Crippen LogP contribution >= 0.6 is 0 Å². The Kier molecular flexibility index (Phi) is 12.8. The third kappa shape index (κ3) is 10.0. The van der Waals surface area contributed by atoms with Crippen molar-refractivity contribution in [1.29, 1.82) is 0 Å². The summed E-state index contributed by atoms with van der Waals surface area (Å²) < 4.78 is 41.4. The average molecular weight is 666 g/mol. The topological polar surface area (TPSA) is 125 Å². The van der Waals surface area contributed by atoms with Gasteiger partial charge in [0.25, 0.3) is 15.9 Å². The maximum atomic E-state index is 14.3. The lowest BCUT2D eigenvalue weighted by Gasteiger charge is -2.36. The zero-order chi connectivity index (χ0) is 34.0. The van der Waals surface area contributed by atoms with E-state index in [1.54, 1.807) is 54.1 Å². The summed E-state index contributed by atoms with van der Waals surface area (Å²) in [5.41, 5.74) is 1.32. The highest BCUT2D eigenvalue weighted by molar-refractivity contribution is 7.92. The van der Waals surface area contributed by atoms with Crippen molar-refractivity contribution in [2.45, 2.75) is 69.6 Å². The molecule has 0 bridgehead atoms. The number of nitrogens with zero attached hydrogens (tertiary/aromatic N) is 2. The summed E-state index contributed by atoms with van der Waals surface area (Å²) >= 11 is 0. The Morgan fingerprint density at radius 1 is 1.04 bits per heavy atom. The Morgan fingerprint density at radius 3 is 2.40 bits per heavy atom. The zero-order valence-corrected chi connectivity index (χ0v) is 28.5. The maximum Gasteiger partial charge on any atom is 0.261 e. The molecule has 1 aliphatic rings. The van der Waals surface area contributed by atoms with Crippen LogP contribution in [0.3, 0.4) is 0 Å². The number of fused-ring (bicyclic) bond motifs is 1. The SMILES string of the molecule is C[C@H]1CCCCO[C@H](CN(C)C(=O)Cc2ccccc2)[C@@H](C)CN([C@@H](C)CO)C(=O)c2cc(NS(=O)(=O)c3ccccc3)ccc2O1. The molecule has 0 saturated heterocycles. The summed E-state index contributed by atoms with van der Waals surface area (Å²) in [4.78, 5) is 30.8. The van der Waals surface area contributed by atoms with Crippen LogP contribution in [0.1, 0.15) is 56.0 Å². The van der Waals surface area contributed by atoms with Gasteiger partial charge in [0.15, 0.2) is 0 Å². The zero-order valence-electron chi connectivity index (χ0n) is 27.7. The quantitative estimate of drug-likeness (QED) is 0.330. The van der Waals surface area contributed by atoms with E-state index in [0.717, 1.165) is 18.4 Å². The van der Waals surface area contributed by atoms with Gasteiger partial charge in [0.05, 0.1) is 41.7 Å². The van der Waals surface area contributed by atoms with Crippen LogP contribution in [-0.2, 0) is 26.0 Å². The van der Waals surface area contributed by atoms with Gasteiger partial charge in [0.1, 0.15) is 5.75 Å². The maximum absolute atomic E-state index is 14.3. The average Bonchev–Trinajstić information content (AvgIpc) is 3.06. The Morgan fingerprint density at radius 2 is 1.72 bits per heavy atom.